The maximum atomic E-state index is 13.1. The molecule has 0 aliphatic carbocycles. The number of likely N-dealkylation sites (tertiary alicyclic amines) is 2. The molecule has 2 fully saturated rings. The van der Waals surface area contributed by atoms with E-state index in [1.807, 2.05) is 43.1 Å². The highest BCUT2D eigenvalue weighted by atomic mass is 35.5. The fourth-order valence-corrected chi connectivity index (χ4v) is 5.52. The molecule has 4 heterocycles. The number of halogens is 1. The third-order valence-electron chi connectivity index (χ3n) is 7.22. The van der Waals surface area contributed by atoms with Gasteiger partial charge in [-0.3, -0.25) is 14.4 Å². The Labute approximate surface area is 192 Å². The summed E-state index contributed by atoms with van der Waals surface area (Å²) in [6.07, 6.45) is 3.19. The van der Waals surface area contributed by atoms with Crippen molar-refractivity contribution in [3.63, 3.8) is 0 Å². The zero-order chi connectivity index (χ0) is 22.5. The Bertz CT molecular complexity index is 1160. The molecule has 0 atom stereocenters. The van der Waals surface area contributed by atoms with E-state index in [-0.39, 0.29) is 11.3 Å². The lowest BCUT2D eigenvalue weighted by molar-refractivity contribution is 0.0560. The number of carbonyl (C=O) groups excluding carboxylic acids is 1. The van der Waals surface area contributed by atoms with E-state index >= 15 is 0 Å². The van der Waals surface area contributed by atoms with Crippen molar-refractivity contribution in [1.29, 1.82) is 0 Å². The molecule has 3 aromatic rings. The summed E-state index contributed by atoms with van der Waals surface area (Å²) in [5.41, 5.74) is 3.03. The standard InChI is InChI=1S/C24H29ClN4O3/c1-16-18(22(25)27(2)26-16)14-28-10-7-24(15-28)8-11-29(12-9-24)23(30)20-13-17-5-4-6-19(31-3)21(17)32-20/h4-6,13H,7-12,14-15H2,1-3H3. The number of benzene rings is 1. The molecule has 32 heavy (non-hydrogen) atoms. The topological polar surface area (TPSA) is 63.7 Å². The number of aromatic nitrogens is 2. The van der Waals surface area contributed by atoms with E-state index in [2.05, 4.69) is 10.00 Å². The van der Waals surface area contributed by atoms with Crippen LogP contribution >= 0.6 is 11.6 Å². The van der Waals surface area contributed by atoms with Crippen molar-refractivity contribution in [2.75, 3.05) is 33.3 Å². The minimum absolute atomic E-state index is 0.0364. The van der Waals surface area contributed by atoms with Gasteiger partial charge in [-0.05, 0) is 50.3 Å². The third-order valence-corrected chi connectivity index (χ3v) is 7.69. The van der Waals surface area contributed by atoms with Crippen LogP contribution < -0.4 is 4.74 Å². The maximum Gasteiger partial charge on any atom is 0.289 e. The predicted molar refractivity (Wildman–Crippen MR) is 123 cm³/mol. The smallest absolute Gasteiger partial charge is 0.289 e. The Balaban J connectivity index is 1.23. The number of aryl methyl sites for hydroxylation is 2. The number of carbonyl (C=O) groups is 1. The highest BCUT2D eigenvalue weighted by Gasteiger charge is 2.42. The van der Waals surface area contributed by atoms with Crippen LogP contribution in [0.2, 0.25) is 5.15 Å². The van der Waals surface area contributed by atoms with Crippen LogP contribution in [-0.4, -0.2) is 58.8 Å². The van der Waals surface area contributed by atoms with Gasteiger partial charge in [0.25, 0.3) is 5.91 Å². The predicted octanol–water partition coefficient (Wildman–Crippen LogP) is 4.27. The molecule has 1 amide bonds. The van der Waals surface area contributed by atoms with E-state index in [1.165, 1.54) is 0 Å². The Kier molecular flexibility index (Phi) is 5.42. The number of hydrogen-bond donors (Lipinski definition) is 0. The van der Waals surface area contributed by atoms with Crippen molar-refractivity contribution in [1.82, 2.24) is 19.6 Å². The van der Waals surface area contributed by atoms with Gasteiger partial charge in [-0.2, -0.15) is 5.10 Å². The van der Waals surface area contributed by atoms with Crippen LogP contribution in [0.5, 0.6) is 5.75 Å². The summed E-state index contributed by atoms with van der Waals surface area (Å²) >= 11 is 6.44. The van der Waals surface area contributed by atoms with Gasteiger partial charge in [0.1, 0.15) is 5.15 Å². The fraction of sp³-hybridized carbons (Fsp3) is 0.500. The monoisotopic (exact) mass is 456 g/mol. The summed E-state index contributed by atoms with van der Waals surface area (Å²) in [5, 5.41) is 6.05. The van der Waals surface area contributed by atoms with Crippen molar-refractivity contribution in [3.05, 3.63) is 46.4 Å². The van der Waals surface area contributed by atoms with Gasteiger partial charge in [0.2, 0.25) is 0 Å². The molecular weight excluding hydrogens is 428 g/mol. The number of fused-ring (bicyclic) bond motifs is 1. The minimum Gasteiger partial charge on any atom is -0.493 e. The van der Waals surface area contributed by atoms with Crippen molar-refractivity contribution in [2.24, 2.45) is 12.5 Å². The molecule has 7 nitrogen and oxygen atoms in total. The van der Waals surface area contributed by atoms with E-state index in [9.17, 15) is 4.79 Å². The second-order valence-corrected chi connectivity index (χ2v) is 9.58. The van der Waals surface area contributed by atoms with Crippen molar-refractivity contribution in [2.45, 2.75) is 32.7 Å². The number of methoxy groups -OCH3 is 1. The summed E-state index contributed by atoms with van der Waals surface area (Å²) in [7, 11) is 3.49. The van der Waals surface area contributed by atoms with Crippen LogP contribution in [0.15, 0.2) is 28.7 Å². The lowest BCUT2D eigenvalue weighted by Crippen LogP contribution is -2.44. The number of piperidine rings is 1. The van der Waals surface area contributed by atoms with Crippen LogP contribution in [0.25, 0.3) is 11.0 Å². The largest absolute Gasteiger partial charge is 0.493 e. The number of rotatable bonds is 4. The van der Waals surface area contributed by atoms with Crippen LogP contribution in [0.3, 0.4) is 0 Å². The Morgan fingerprint density at radius 1 is 1.25 bits per heavy atom. The molecule has 2 aliphatic rings. The molecule has 0 bridgehead atoms. The lowest BCUT2D eigenvalue weighted by Gasteiger charge is -2.39. The van der Waals surface area contributed by atoms with Crippen molar-refractivity contribution < 1.29 is 13.9 Å². The summed E-state index contributed by atoms with van der Waals surface area (Å²) in [6, 6.07) is 7.51. The normalized spacial score (nSPS) is 18.7. The van der Waals surface area contributed by atoms with E-state index in [1.54, 1.807) is 11.8 Å². The van der Waals surface area contributed by atoms with Gasteiger partial charge in [-0.15, -0.1) is 0 Å². The molecule has 170 valence electrons. The second-order valence-electron chi connectivity index (χ2n) is 9.22. The summed E-state index contributed by atoms with van der Waals surface area (Å²) in [4.78, 5) is 17.5. The zero-order valence-electron chi connectivity index (χ0n) is 18.9. The number of para-hydroxylation sites is 1. The van der Waals surface area contributed by atoms with E-state index in [0.29, 0.717) is 17.1 Å². The number of ether oxygens (including phenoxy) is 1. The first-order valence-corrected chi connectivity index (χ1v) is 11.5. The fourth-order valence-electron chi connectivity index (χ4n) is 5.29. The summed E-state index contributed by atoms with van der Waals surface area (Å²) in [6.45, 7) is 6.47. The second kappa shape index (κ2) is 8.12. The zero-order valence-corrected chi connectivity index (χ0v) is 19.6. The third kappa shape index (κ3) is 3.67. The van der Waals surface area contributed by atoms with Crippen LogP contribution in [0.1, 0.15) is 41.1 Å². The molecule has 0 saturated carbocycles. The molecule has 2 saturated heterocycles. The lowest BCUT2D eigenvalue weighted by atomic mass is 9.77. The number of furan rings is 1. The first-order chi connectivity index (χ1) is 15.4. The highest BCUT2D eigenvalue weighted by molar-refractivity contribution is 6.30. The molecule has 0 N–H and O–H groups in total. The van der Waals surface area contributed by atoms with Crippen LogP contribution in [0, 0.1) is 12.3 Å². The van der Waals surface area contributed by atoms with Crippen molar-refractivity contribution in [3.8, 4) is 5.75 Å². The molecule has 8 heteroatoms. The van der Waals surface area contributed by atoms with Gasteiger partial charge >= 0.3 is 0 Å². The van der Waals surface area contributed by atoms with E-state index in [0.717, 1.165) is 73.8 Å². The average molecular weight is 457 g/mol. The van der Waals surface area contributed by atoms with E-state index < -0.39 is 0 Å². The number of nitrogens with zero attached hydrogens (tertiary/aromatic N) is 4. The highest BCUT2D eigenvalue weighted by Crippen LogP contribution is 2.41. The minimum atomic E-state index is -0.0364. The van der Waals surface area contributed by atoms with Gasteiger partial charge in [-0.1, -0.05) is 23.7 Å². The number of hydrogen-bond acceptors (Lipinski definition) is 5. The average Bonchev–Trinajstić information content (AvgIpc) is 3.46. The molecule has 2 aliphatic heterocycles. The first kappa shape index (κ1) is 21.3. The van der Waals surface area contributed by atoms with Crippen LogP contribution in [0.4, 0.5) is 0 Å². The van der Waals surface area contributed by atoms with Crippen molar-refractivity contribution >= 4 is 28.5 Å². The first-order valence-electron chi connectivity index (χ1n) is 11.2. The molecule has 0 radical (unpaired) electrons. The van der Waals surface area contributed by atoms with Gasteiger partial charge in [0.05, 0.1) is 12.8 Å². The van der Waals surface area contributed by atoms with Gasteiger partial charge in [-0.25, -0.2) is 0 Å². The summed E-state index contributed by atoms with van der Waals surface area (Å²) < 4.78 is 13.0. The maximum absolute atomic E-state index is 13.1. The molecule has 1 spiro atoms. The molecule has 2 aromatic heterocycles. The Morgan fingerprint density at radius 3 is 2.69 bits per heavy atom. The van der Waals surface area contributed by atoms with Crippen LogP contribution in [-0.2, 0) is 13.6 Å². The van der Waals surface area contributed by atoms with Gasteiger partial charge < -0.3 is 14.1 Å². The Hall–Kier alpha value is -2.51. The van der Waals surface area contributed by atoms with Gasteiger partial charge in [0, 0.05) is 44.2 Å². The SMILES string of the molecule is COc1cccc2cc(C(=O)N3CCC4(CCN(Cc5c(C)nn(C)c5Cl)C4)CC3)oc12. The Morgan fingerprint density at radius 2 is 2.00 bits per heavy atom. The van der Waals surface area contributed by atoms with E-state index in [4.69, 9.17) is 20.8 Å². The molecule has 1 aromatic carbocycles. The number of amides is 1. The summed E-state index contributed by atoms with van der Waals surface area (Å²) in [5.74, 6) is 0.995. The quantitative estimate of drug-likeness (QED) is 0.586. The van der Waals surface area contributed by atoms with Gasteiger partial charge in [0.15, 0.2) is 17.1 Å². The molecule has 0 unspecified atom stereocenters. The molecular formula is C24H29ClN4O3. The molecule has 5 rings (SSSR count).